The molecule has 3 rings (SSSR count). The molecule has 0 spiro atoms. The molecule has 0 aromatic carbocycles. The fourth-order valence-electron chi connectivity index (χ4n) is 1.92. The lowest BCUT2D eigenvalue weighted by Crippen LogP contribution is -2.18. The third kappa shape index (κ3) is 3.89. The highest BCUT2D eigenvalue weighted by Gasteiger charge is 2.13. The summed E-state index contributed by atoms with van der Waals surface area (Å²) < 4.78 is 11.8. The fourth-order valence-corrected chi connectivity index (χ4v) is 3.38. The second-order valence-electron chi connectivity index (χ2n) is 4.59. The predicted octanol–water partition coefficient (Wildman–Crippen LogP) is 2.01. The second-order valence-corrected chi connectivity index (χ2v) is 6.48. The molecule has 10 heteroatoms. The van der Waals surface area contributed by atoms with Gasteiger partial charge in [-0.25, -0.2) is 9.89 Å². The molecule has 8 nitrogen and oxygen atoms in total. The summed E-state index contributed by atoms with van der Waals surface area (Å²) >= 11 is 2.93. The maximum Gasteiger partial charge on any atom is 0.343 e. The molecule has 0 unspecified atom stereocenters. The van der Waals surface area contributed by atoms with E-state index < -0.39 is 0 Å². The van der Waals surface area contributed by atoms with Crippen molar-refractivity contribution in [3.05, 3.63) is 33.9 Å². The molecule has 0 aliphatic rings. The highest BCUT2D eigenvalue weighted by atomic mass is 32.2. The van der Waals surface area contributed by atoms with Crippen molar-refractivity contribution in [3.8, 4) is 10.7 Å². The molecule has 0 amide bonds. The van der Waals surface area contributed by atoms with Crippen LogP contribution in [-0.2, 0) is 17.0 Å². The van der Waals surface area contributed by atoms with E-state index >= 15 is 0 Å². The van der Waals surface area contributed by atoms with Gasteiger partial charge in [-0.3, -0.25) is 4.57 Å². The van der Waals surface area contributed by atoms with E-state index in [-0.39, 0.29) is 5.69 Å². The normalized spacial score (nSPS) is 11.2. The zero-order valence-electron chi connectivity index (χ0n) is 12.4. The summed E-state index contributed by atoms with van der Waals surface area (Å²) in [5, 5.41) is 13.0. The second kappa shape index (κ2) is 7.57. The molecule has 3 heterocycles. The topological polar surface area (TPSA) is 98.8 Å². The molecule has 0 saturated carbocycles. The van der Waals surface area contributed by atoms with E-state index in [0.717, 1.165) is 11.3 Å². The van der Waals surface area contributed by atoms with Crippen molar-refractivity contribution >= 4 is 23.1 Å². The first-order valence-electron chi connectivity index (χ1n) is 6.91. The van der Waals surface area contributed by atoms with E-state index in [1.807, 2.05) is 17.5 Å². The molecule has 0 atom stereocenters. The number of hydrogen-bond acceptors (Lipinski definition) is 8. The lowest BCUT2D eigenvalue weighted by molar-refractivity contribution is 0.189. The molecular weight excluding hydrogens is 338 g/mol. The molecule has 0 saturated heterocycles. The SMILES string of the molecule is COCCCn1c(SCc2nc(-c3cccs3)no2)n[nH]c1=O. The van der Waals surface area contributed by atoms with E-state index in [9.17, 15) is 4.79 Å². The van der Waals surface area contributed by atoms with E-state index in [4.69, 9.17) is 9.26 Å². The quantitative estimate of drug-likeness (QED) is 0.488. The van der Waals surface area contributed by atoms with Gasteiger partial charge in [-0.15, -0.1) is 16.4 Å². The molecule has 0 aliphatic carbocycles. The zero-order chi connectivity index (χ0) is 16.1. The van der Waals surface area contributed by atoms with Gasteiger partial charge in [0.05, 0.1) is 10.6 Å². The highest BCUT2D eigenvalue weighted by Crippen LogP contribution is 2.24. The molecule has 23 heavy (non-hydrogen) atoms. The van der Waals surface area contributed by atoms with Crippen molar-refractivity contribution in [1.82, 2.24) is 24.9 Å². The van der Waals surface area contributed by atoms with Gasteiger partial charge in [0, 0.05) is 20.3 Å². The number of rotatable bonds is 8. The van der Waals surface area contributed by atoms with E-state index in [2.05, 4.69) is 20.3 Å². The number of nitrogens with one attached hydrogen (secondary N) is 1. The molecule has 0 bridgehead atoms. The number of methoxy groups -OCH3 is 1. The van der Waals surface area contributed by atoms with Crippen LogP contribution in [-0.4, -0.2) is 38.6 Å². The third-order valence-electron chi connectivity index (χ3n) is 2.99. The Morgan fingerprint density at radius 1 is 1.52 bits per heavy atom. The Labute approximate surface area is 139 Å². The van der Waals surface area contributed by atoms with Crippen molar-refractivity contribution in [1.29, 1.82) is 0 Å². The molecule has 0 aliphatic heterocycles. The number of aromatic nitrogens is 5. The van der Waals surface area contributed by atoms with Crippen LogP contribution in [0.15, 0.2) is 32.0 Å². The molecule has 122 valence electrons. The van der Waals surface area contributed by atoms with Crippen LogP contribution in [0.2, 0.25) is 0 Å². The summed E-state index contributed by atoms with van der Waals surface area (Å²) in [4.78, 5) is 17.1. The average Bonchev–Trinajstić information content (AvgIpc) is 3.27. The smallest absolute Gasteiger partial charge is 0.343 e. The fraction of sp³-hybridized carbons (Fsp3) is 0.385. The Bertz CT molecular complexity index is 793. The molecule has 1 N–H and O–H groups in total. The molecular formula is C13H15N5O3S2. The van der Waals surface area contributed by atoms with Gasteiger partial charge >= 0.3 is 5.69 Å². The molecule has 3 aromatic rings. The van der Waals surface area contributed by atoms with Crippen LogP contribution in [0.25, 0.3) is 10.7 Å². The number of thiophene rings is 1. The van der Waals surface area contributed by atoms with Gasteiger partial charge in [0.25, 0.3) is 0 Å². The Hall–Kier alpha value is -1.91. The Morgan fingerprint density at radius 2 is 2.43 bits per heavy atom. The highest BCUT2D eigenvalue weighted by molar-refractivity contribution is 7.98. The number of ether oxygens (including phenoxy) is 1. The summed E-state index contributed by atoms with van der Waals surface area (Å²) in [5.41, 5.74) is -0.228. The maximum atomic E-state index is 11.7. The first-order chi connectivity index (χ1) is 11.3. The van der Waals surface area contributed by atoms with Crippen molar-refractivity contribution in [3.63, 3.8) is 0 Å². The summed E-state index contributed by atoms with van der Waals surface area (Å²) in [5.74, 6) is 1.53. The van der Waals surface area contributed by atoms with Crippen molar-refractivity contribution < 1.29 is 9.26 Å². The number of thioether (sulfide) groups is 1. The number of nitrogens with zero attached hydrogens (tertiary/aromatic N) is 4. The van der Waals surface area contributed by atoms with Crippen LogP contribution in [0.5, 0.6) is 0 Å². The maximum absolute atomic E-state index is 11.7. The molecule has 3 aromatic heterocycles. The molecule has 0 radical (unpaired) electrons. The Morgan fingerprint density at radius 3 is 3.22 bits per heavy atom. The molecule has 0 fully saturated rings. The van der Waals surface area contributed by atoms with Crippen LogP contribution < -0.4 is 5.69 Å². The minimum absolute atomic E-state index is 0.228. The first kappa shape index (κ1) is 16.0. The summed E-state index contributed by atoms with van der Waals surface area (Å²) in [6.07, 6.45) is 0.743. The van der Waals surface area contributed by atoms with Crippen LogP contribution in [0, 0.1) is 0 Å². The minimum atomic E-state index is -0.228. The lowest BCUT2D eigenvalue weighted by Gasteiger charge is -2.03. The third-order valence-corrected chi connectivity index (χ3v) is 4.81. The monoisotopic (exact) mass is 353 g/mol. The van der Waals surface area contributed by atoms with Gasteiger partial charge in [0.1, 0.15) is 0 Å². The van der Waals surface area contributed by atoms with Crippen LogP contribution >= 0.6 is 23.1 Å². The van der Waals surface area contributed by atoms with E-state index in [1.165, 1.54) is 11.8 Å². The summed E-state index contributed by atoms with van der Waals surface area (Å²) in [6, 6.07) is 3.88. The van der Waals surface area contributed by atoms with Gasteiger partial charge in [0.15, 0.2) is 5.16 Å². The Balaban J connectivity index is 1.63. The van der Waals surface area contributed by atoms with E-state index in [1.54, 1.807) is 23.0 Å². The predicted molar refractivity (Wildman–Crippen MR) is 86.5 cm³/mol. The van der Waals surface area contributed by atoms with Crippen LogP contribution in [0.3, 0.4) is 0 Å². The average molecular weight is 353 g/mol. The first-order valence-corrected chi connectivity index (χ1v) is 8.78. The van der Waals surface area contributed by atoms with Gasteiger partial charge in [-0.05, 0) is 17.9 Å². The number of aromatic amines is 1. The zero-order valence-corrected chi connectivity index (χ0v) is 14.0. The largest absolute Gasteiger partial charge is 0.385 e. The van der Waals surface area contributed by atoms with E-state index in [0.29, 0.717) is 35.8 Å². The minimum Gasteiger partial charge on any atom is -0.385 e. The van der Waals surface area contributed by atoms with Crippen molar-refractivity contribution in [2.45, 2.75) is 23.9 Å². The van der Waals surface area contributed by atoms with Gasteiger partial charge < -0.3 is 9.26 Å². The standard InChI is InChI=1S/C13H15N5O3S2/c1-20-6-3-5-18-12(19)15-16-13(18)23-8-10-14-11(17-21-10)9-4-2-7-22-9/h2,4,7H,3,5-6,8H2,1H3,(H,15,19). The lowest BCUT2D eigenvalue weighted by atomic mass is 10.4. The Kier molecular flexibility index (Phi) is 5.26. The van der Waals surface area contributed by atoms with Crippen molar-refractivity contribution in [2.24, 2.45) is 0 Å². The van der Waals surface area contributed by atoms with Crippen molar-refractivity contribution in [2.75, 3.05) is 13.7 Å². The van der Waals surface area contributed by atoms with Gasteiger partial charge in [-0.2, -0.15) is 4.98 Å². The summed E-state index contributed by atoms with van der Waals surface area (Å²) in [7, 11) is 1.63. The summed E-state index contributed by atoms with van der Waals surface area (Å²) in [6.45, 7) is 1.14. The van der Waals surface area contributed by atoms with Crippen LogP contribution in [0.4, 0.5) is 0 Å². The van der Waals surface area contributed by atoms with Crippen LogP contribution in [0.1, 0.15) is 12.3 Å². The van der Waals surface area contributed by atoms with Gasteiger partial charge in [-0.1, -0.05) is 23.0 Å². The number of hydrogen-bond donors (Lipinski definition) is 1. The number of H-pyrrole nitrogens is 1. The van der Waals surface area contributed by atoms with Gasteiger partial charge in [0.2, 0.25) is 11.7 Å².